The van der Waals surface area contributed by atoms with Crippen LogP contribution in [0.25, 0.3) is 143 Å². The van der Waals surface area contributed by atoms with Gasteiger partial charge in [0.25, 0.3) is 0 Å². The van der Waals surface area contributed by atoms with Crippen LogP contribution in [0.3, 0.4) is 0 Å². The lowest BCUT2D eigenvalue weighted by Crippen LogP contribution is -1.99. The molecule has 4 heteroatoms. The summed E-state index contributed by atoms with van der Waals surface area (Å²) in [5, 5.41) is 12.0. The molecule has 0 amide bonds. The summed E-state index contributed by atoms with van der Waals surface area (Å²) in [5.41, 5.74) is 16.9. The molecule has 72 heavy (non-hydrogen) atoms. The molecule has 0 N–H and O–H groups in total. The molecule has 15 rings (SSSR count). The number of fused-ring (bicyclic) bond motifs is 10. The van der Waals surface area contributed by atoms with Gasteiger partial charge in [-0.15, -0.1) is 0 Å². The monoisotopic (exact) mass is 914 g/mol. The number of benzene rings is 12. The Labute approximate surface area is 415 Å². The molecule has 334 valence electrons. The van der Waals surface area contributed by atoms with Crippen LogP contribution in [0.4, 0.5) is 0 Å². The Balaban J connectivity index is 1.00. The summed E-state index contributed by atoms with van der Waals surface area (Å²) in [6.07, 6.45) is 0. The van der Waals surface area contributed by atoms with E-state index >= 15 is 0 Å². The van der Waals surface area contributed by atoms with Gasteiger partial charge >= 0.3 is 0 Å². The van der Waals surface area contributed by atoms with Gasteiger partial charge in [-0.2, -0.15) is 0 Å². The van der Waals surface area contributed by atoms with Gasteiger partial charge in [-0.1, -0.05) is 176 Å². The molecule has 0 spiro atoms. The Morgan fingerprint density at radius 2 is 0.722 bits per heavy atom. The van der Waals surface area contributed by atoms with E-state index in [0.29, 0.717) is 0 Å². The number of para-hydroxylation sites is 3. The van der Waals surface area contributed by atoms with Crippen molar-refractivity contribution >= 4 is 87.0 Å². The molecule has 0 fully saturated rings. The number of aromatic nitrogens is 4. The van der Waals surface area contributed by atoms with E-state index in [1.807, 2.05) is 12.1 Å². The summed E-state index contributed by atoms with van der Waals surface area (Å²) in [7, 11) is 0. The molecule has 0 saturated carbocycles. The van der Waals surface area contributed by atoms with E-state index in [9.17, 15) is 0 Å². The maximum Gasteiger partial charge on any atom is 0.0979 e. The first-order valence-electron chi connectivity index (χ1n) is 24.6. The molecule has 3 heterocycles. The lowest BCUT2D eigenvalue weighted by Gasteiger charge is -2.17. The maximum absolute atomic E-state index is 5.54. The Morgan fingerprint density at radius 1 is 0.250 bits per heavy atom. The topological polar surface area (TPSA) is 35.6 Å². The van der Waals surface area contributed by atoms with Crippen LogP contribution in [0.1, 0.15) is 0 Å². The lowest BCUT2D eigenvalue weighted by atomic mass is 9.92. The number of hydrogen-bond donors (Lipinski definition) is 0. The van der Waals surface area contributed by atoms with Crippen molar-refractivity contribution in [1.82, 2.24) is 19.1 Å². The minimum absolute atomic E-state index is 0.841. The number of nitrogens with zero attached hydrogens (tertiary/aromatic N) is 4. The second-order valence-electron chi connectivity index (χ2n) is 18.9. The normalized spacial score (nSPS) is 11.9. The predicted molar refractivity (Wildman–Crippen MR) is 302 cm³/mol. The van der Waals surface area contributed by atoms with Gasteiger partial charge in [-0.05, 0) is 128 Å². The van der Waals surface area contributed by atoms with E-state index in [0.717, 1.165) is 89.0 Å². The average Bonchev–Trinajstić information content (AvgIpc) is 3.95. The third-order valence-corrected chi connectivity index (χ3v) is 14.8. The van der Waals surface area contributed by atoms with Crippen LogP contribution in [0.15, 0.2) is 255 Å². The Kier molecular flexibility index (Phi) is 8.92. The van der Waals surface area contributed by atoms with Gasteiger partial charge in [0.05, 0.1) is 55.9 Å². The highest BCUT2D eigenvalue weighted by Gasteiger charge is 2.23. The van der Waals surface area contributed by atoms with Crippen LogP contribution < -0.4 is 0 Å². The number of hydrogen-bond acceptors (Lipinski definition) is 2. The third-order valence-electron chi connectivity index (χ3n) is 14.8. The fraction of sp³-hybridized carbons (Fsp3) is 0. The minimum atomic E-state index is 0.841. The van der Waals surface area contributed by atoms with Crippen molar-refractivity contribution in [2.45, 2.75) is 0 Å². The van der Waals surface area contributed by atoms with E-state index in [2.05, 4.69) is 252 Å². The molecule has 0 radical (unpaired) electrons. The molecular formula is C68H42N4. The molecular weight excluding hydrogens is 873 g/mol. The van der Waals surface area contributed by atoms with Crippen LogP contribution in [-0.4, -0.2) is 19.1 Å². The molecule has 4 nitrogen and oxygen atoms in total. The summed E-state index contributed by atoms with van der Waals surface area (Å²) in [5.74, 6) is 0. The molecule has 0 aliphatic heterocycles. The fourth-order valence-electron chi connectivity index (χ4n) is 11.5. The molecule has 0 atom stereocenters. The molecule has 3 aromatic heterocycles. The van der Waals surface area contributed by atoms with E-state index in [4.69, 9.17) is 9.97 Å². The summed E-state index contributed by atoms with van der Waals surface area (Å²) in [4.78, 5) is 11.0. The first-order chi connectivity index (χ1) is 35.7. The zero-order valence-corrected chi connectivity index (χ0v) is 39.0. The standard InChI is InChI=1S/C68H42N4/c1-3-18-43(19-4-1)49-36-50(44-20-5-2-6-21-44)38-51(37-49)67-68(70-59-31-13-12-30-58(59)69-67)55-29-15-28-53-52(55)27-16-33-61(53)72-63-35-17-34-62(66(63)57-40-46-23-8-10-25-48(46)42-65(57)72)71-60-32-14-11-26-54(60)56-39-45-22-7-9-24-47(45)41-64(56)71/h1-42H. The lowest BCUT2D eigenvalue weighted by molar-refractivity contribution is 1.18. The van der Waals surface area contributed by atoms with Crippen molar-refractivity contribution in [3.8, 4) is 56.1 Å². The van der Waals surface area contributed by atoms with Crippen molar-refractivity contribution in [1.29, 1.82) is 0 Å². The zero-order chi connectivity index (χ0) is 47.3. The van der Waals surface area contributed by atoms with Crippen LogP contribution in [0, 0.1) is 0 Å². The fourth-order valence-corrected chi connectivity index (χ4v) is 11.5. The molecule has 0 saturated heterocycles. The molecule has 0 unspecified atom stereocenters. The van der Waals surface area contributed by atoms with Gasteiger partial charge in [0.15, 0.2) is 0 Å². The van der Waals surface area contributed by atoms with Crippen LogP contribution in [0.2, 0.25) is 0 Å². The Bertz CT molecular complexity index is 4620. The van der Waals surface area contributed by atoms with Gasteiger partial charge in [0, 0.05) is 38.1 Å². The SMILES string of the molecule is c1ccc(-c2cc(-c3ccccc3)cc(-c3nc4ccccc4nc3-c3cccc4c(-n5c6cc7ccccc7cc6c6c(-n7c8ccccc8c8cc9ccccc9cc87)cccc65)cccc34)c2)cc1. The van der Waals surface area contributed by atoms with Gasteiger partial charge in [0.1, 0.15) is 0 Å². The van der Waals surface area contributed by atoms with E-state index < -0.39 is 0 Å². The summed E-state index contributed by atoms with van der Waals surface area (Å²) in [6, 6.07) is 92.4. The highest BCUT2D eigenvalue weighted by Crippen LogP contribution is 2.45. The van der Waals surface area contributed by atoms with Crippen molar-refractivity contribution in [2.75, 3.05) is 0 Å². The second kappa shape index (κ2) is 16.0. The van der Waals surface area contributed by atoms with E-state index in [-0.39, 0.29) is 0 Å². The second-order valence-corrected chi connectivity index (χ2v) is 18.9. The molecule has 15 aromatic rings. The minimum Gasteiger partial charge on any atom is -0.309 e. The number of rotatable bonds is 6. The van der Waals surface area contributed by atoms with Crippen LogP contribution in [0.5, 0.6) is 0 Å². The highest BCUT2D eigenvalue weighted by atomic mass is 15.0. The summed E-state index contributed by atoms with van der Waals surface area (Å²) in [6.45, 7) is 0. The first-order valence-corrected chi connectivity index (χ1v) is 24.6. The maximum atomic E-state index is 5.54. The predicted octanol–water partition coefficient (Wildman–Crippen LogP) is 18.0. The van der Waals surface area contributed by atoms with E-state index in [1.54, 1.807) is 0 Å². The molecule has 0 aliphatic rings. The molecule has 0 bridgehead atoms. The third kappa shape index (κ3) is 6.26. The van der Waals surface area contributed by atoms with Crippen molar-refractivity contribution in [2.24, 2.45) is 0 Å². The largest absolute Gasteiger partial charge is 0.309 e. The quantitative estimate of drug-likeness (QED) is 0.167. The smallest absolute Gasteiger partial charge is 0.0979 e. The van der Waals surface area contributed by atoms with E-state index in [1.165, 1.54) is 54.1 Å². The van der Waals surface area contributed by atoms with Gasteiger partial charge < -0.3 is 9.13 Å². The highest BCUT2D eigenvalue weighted by molar-refractivity contribution is 6.20. The van der Waals surface area contributed by atoms with Gasteiger partial charge in [-0.3, -0.25) is 0 Å². The van der Waals surface area contributed by atoms with Crippen LogP contribution >= 0.6 is 0 Å². The van der Waals surface area contributed by atoms with Crippen molar-refractivity contribution in [3.63, 3.8) is 0 Å². The molecule has 0 aliphatic carbocycles. The average molecular weight is 915 g/mol. The van der Waals surface area contributed by atoms with Gasteiger partial charge in [-0.25, -0.2) is 9.97 Å². The first kappa shape index (κ1) is 40.3. The molecule has 12 aromatic carbocycles. The van der Waals surface area contributed by atoms with Crippen LogP contribution in [-0.2, 0) is 0 Å². The zero-order valence-electron chi connectivity index (χ0n) is 39.0. The Morgan fingerprint density at radius 3 is 1.42 bits per heavy atom. The summed E-state index contributed by atoms with van der Waals surface area (Å²) >= 11 is 0. The van der Waals surface area contributed by atoms with Crippen molar-refractivity contribution < 1.29 is 0 Å². The van der Waals surface area contributed by atoms with Gasteiger partial charge in [0.2, 0.25) is 0 Å². The Hall–Kier alpha value is -9.64. The van der Waals surface area contributed by atoms with Crippen molar-refractivity contribution in [3.05, 3.63) is 255 Å². The summed E-state index contributed by atoms with van der Waals surface area (Å²) < 4.78 is 4.99.